The van der Waals surface area contributed by atoms with Gasteiger partial charge in [-0.3, -0.25) is 0 Å². The summed E-state index contributed by atoms with van der Waals surface area (Å²) < 4.78 is 0. The van der Waals surface area contributed by atoms with E-state index in [2.05, 4.69) is 21.4 Å². The van der Waals surface area contributed by atoms with Crippen LogP contribution in [0.4, 0.5) is 17.3 Å². The Balaban J connectivity index is 2.28. The van der Waals surface area contributed by atoms with Gasteiger partial charge in [-0.05, 0) is 24.5 Å². The van der Waals surface area contributed by atoms with Crippen LogP contribution in [0.5, 0.6) is 0 Å². The van der Waals surface area contributed by atoms with Crippen LogP contribution in [-0.2, 0) is 0 Å². The molecule has 0 unspecified atom stereocenters. The molecule has 0 fully saturated rings. The van der Waals surface area contributed by atoms with Gasteiger partial charge < -0.3 is 11.1 Å². The number of aromatic nitrogens is 2. The second-order valence-electron chi connectivity index (χ2n) is 3.48. The average molecular weight is 257 g/mol. The van der Waals surface area contributed by atoms with Crippen molar-refractivity contribution in [2.75, 3.05) is 17.3 Å². The summed E-state index contributed by atoms with van der Waals surface area (Å²) in [5.41, 5.74) is 7.07. The fourth-order valence-electron chi connectivity index (χ4n) is 1.41. The van der Waals surface area contributed by atoms with E-state index in [9.17, 15) is 0 Å². The monoisotopic (exact) mass is 257 g/mol. The first-order valence-corrected chi connectivity index (χ1v) is 6.39. The minimum Gasteiger partial charge on any atom is -0.383 e. The number of benzene rings is 1. The van der Waals surface area contributed by atoms with Gasteiger partial charge >= 0.3 is 0 Å². The van der Waals surface area contributed by atoms with Crippen LogP contribution in [0.2, 0.25) is 0 Å². The summed E-state index contributed by atoms with van der Waals surface area (Å²) in [4.78, 5) is 8.35. The number of nitriles is 1. The quantitative estimate of drug-likeness (QED) is 0.648. The zero-order valence-electron chi connectivity index (χ0n) is 9.71. The van der Waals surface area contributed by atoms with E-state index in [0.717, 1.165) is 5.69 Å². The smallest absolute Gasteiger partial charge is 0.191 e. The first-order valence-electron chi connectivity index (χ1n) is 5.17. The van der Waals surface area contributed by atoms with Crippen LogP contribution in [0.3, 0.4) is 0 Å². The molecule has 1 aromatic heterocycles. The number of hydrogen-bond donors (Lipinski definition) is 2. The summed E-state index contributed by atoms with van der Waals surface area (Å²) in [7, 11) is 0. The summed E-state index contributed by atoms with van der Waals surface area (Å²) in [6, 6.07) is 10.9. The van der Waals surface area contributed by atoms with Crippen LogP contribution in [0.1, 0.15) is 5.56 Å². The van der Waals surface area contributed by atoms with E-state index < -0.39 is 0 Å². The van der Waals surface area contributed by atoms with Crippen molar-refractivity contribution in [2.24, 2.45) is 0 Å². The normalized spacial score (nSPS) is 9.78. The van der Waals surface area contributed by atoms with E-state index in [4.69, 9.17) is 11.0 Å². The highest BCUT2D eigenvalue weighted by Gasteiger charge is 2.02. The van der Waals surface area contributed by atoms with Gasteiger partial charge in [-0.25, -0.2) is 9.97 Å². The topological polar surface area (TPSA) is 87.6 Å². The van der Waals surface area contributed by atoms with E-state index in [1.54, 1.807) is 24.3 Å². The summed E-state index contributed by atoms with van der Waals surface area (Å²) in [6.07, 6.45) is 1.88. The van der Waals surface area contributed by atoms with Gasteiger partial charge in [-0.1, -0.05) is 17.8 Å². The fraction of sp³-hybridized carbons (Fsp3) is 0.0833. The number of nitrogens with two attached hydrogens (primary N) is 1. The molecule has 1 aromatic carbocycles. The van der Waals surface area contributed by atoms with Crippen LogP contribution in [0.15, 0.2) is 35.5 Å². The van der Waals surface area contributed by atoms with Crippen molar-refractivity contribution < 1.29 is 0 Å². The Hall–Kier alpha value is -2.26. The Bertz CT molecular complexity index is 606. The van der Waals surface area contributed by atoms with Gasteiger partial charge in [0.15, 0.2) is 5.16 Å². The van der Waals surface area contributed by atoms with Crippen molar-refractivity contribution in [1.82, 2.24) is 9.97 Å². The molecule has 90 valence electrons. The number of nitrogens with one attached hydrogen (secondary N) is 1. The predicted molar refractivity (Wildman–Crippen MR) is 72.7 cm³/mol. The van der Waals surface area contributed by atoms with Gasteiger partial charge in [0.25, 0.3) is 0 Å². The van der Waals surface area contributed by atoms with E-state index >= 15 is 0 Å². The molecule has 0 amide bonds. The Morgan fingerprint density at radius 3 is 2.89 bits per heavy atom. The van der Waals surface area contributed by atoms with Crippen LogP contribution < -0.4 is 11.1 Å². The first kappa shape index (κ1) is 12.2. The fourth-order valence-corrected chi connectivity index (χ4v) is 1.80. The van der Waals surface area contributed by atoms with Crippen molar-refractivity contribution in [1.29, 1.82) is 5.26 Å². The lowest BCUT2D eigenvalue weighted by Crippen LogP contribution is -2.00. The molecular formula is C12H11N5S. The Labute approximate surface area is 109 Å². The van der Waals surface area contributed by atoms with Crippen molar-refractivity contribution >= 4 is 29.1 Å². The second kappa shape index (κ2) is 5.38. The number of nitrogen functional groups attached to an aromatic ring is 1. The highest BCUT2D eigenvalue weighted by Crippen LogP contribution is 2.20. The van der Waals surface area contributed by atoms with Crippen LogP contribution in [-0.4, -0.2) is 16.2 Å². The van der Waals surface area contributed by atoms with E-state index in [0.29, 0.717) is 22.4 Å². The highest BCUT2D eigenvalue weighted by atomic mass is 32.2. The molecule has 0 saturated carbocycles. The molecule has 0 bridgehead atoms. The molecule has 0 spiro atoms. The molecule has 0 radical (unpaired) electrons. The van der Waals surface area contributed by atoms with Crippen LogP contribution in [0.25, 0.3) is 0 Å². The Kier molecular flexibility index (Phi) is 3.65. The molecule has 0 saturated heterocycles. The van der Waals surface area contributed by atoms with Crippen molar-refractivity contribution in [3.8, 4) is 6.07 Å². The third-order valence-electron chi connectivity index (χ3n) is 2.17. The molecule has 0 aliphatic carbocycles. The minimum atomic E-state index is 0.410. The van der Waals surface area contributed by atoms with Gasteiger partial charge in [0.1, 0.15) is 11.6 Å². The summed E-state index contributed by atoms with van der Waals surface area (Å²) in [5, 5.41) is 12.5. The number of anilines is 3. The molecule has 6 heteroatoms. The van der Waals surface area contributed by atoms with Crippen molar-refractivity contribution in [2.45, 2.75) is 5.16 Å². The molecule has 0 aliphatic heterocycles. The van der Waals surface area contributed by atoms with Gasteiger partial charge in [0.2, 0.25) is 0 Å². The van der Waals surface area contributed by atoms with Crippen LogP contribution >= 0.6 is 11.8 Å². The lowest BCUT2D eigenvalue weighted by atomic mass is 10.2. The lowest BCUT2D eigenvalue weighted by molar-refractivity contribution is 0.984. The summed E-state index contributed by atoms with van der Waals surface area (Å²) >= 11 is 1.42. The van der Waals surface area contributed by atoms with Crippen molar-refractivity contribution in [3.05, 3.63) is 35.9 Å². The Morgan fingerprint density at radius 1 is 1.33 bits per heavy atom. The average Bonchev–Trinajstić information content (AvgIpc) is 2.38. The second-order valence-corrected chi connectivity index (χ2v) is 4.26. The van der Waals surface area contributed by atoms with Gasteiger partial charge in [-0.2, -0.15) is 5.26 Å². The van der Waals surface area contributed by atoms with Crippen molar-refractivity contribution in [3.63, 3.8) is 0 Å². The molecule has 2 rings (SSSR count). The molecule has 3 N–H and O–H groups in total. The largest absolute Gasteiger partial charge is 0.383 e. The molecular weight excluding hydrogens is 246 g/mol. The summed E-state index contributed by atoms with van der Waals surface area (Å²) in [5.74, 6) is 1.02. The predicted octanol–water partition coefficient (Wildman–Crippen LogP) is 2.40. The van der Waals surface area contributed by atoms with E-state index in [1.165, 1.54) is 11.8 Å². The molecule has 5 nitrogen and oxygen atoms in total. The minimum absolute atomic E-state index is 0.410. The van der Waals surface area contributed by atoms with Gasteiger partial charge in [0, 0.05) is 11.8 Å². The number of nitrogens with zero attached hydrogens (tertiary/aromatic N) is 3. The lowest BCUT2D eigenvalue weighted by Gasteiger charge is -2.07. The highest BCUT2D eigenvalue weighted by molar-refractivity contribution is 7.98. The molecule has 0 aliphatic rings. The van der Waals surface area contributed by atoms with E-state index in [-0.39, 0.29) is 0 Å². The number of hydrogen-bond acceptors (Lipinski definition) is 6. The summed E-state index contributed by atoms with van der Waals surface area (Å²) in [6.45, 7) is 0. The number of rotatable bonds is 3. The SMILES string of the molecule is CSc1nc(N)cc(Nc2cccc(C#N)c2)n1. The number of thioether (sulfide) groups is 1. The maximum absolute atomic E-state index is 8.83. The zero-order valence-corrected chi connectivity index (χ0v) is 10.5. The third-order valence-corrected chi connectivity index (χ3v) is 2.72. The van der Waals surface area contributed by atoms with Crippen LogP contribution in [0, 0.1) is 11.3 Å². The molecule has 2 aromatic rings. The Morgan fingerprint density at radius 2 is 2.17 bits per heavy atom. The molecule has 1 heterocycles. The molecule has 18 heavy (non-hydrogen) atoms. The van der Waals surface area contributed by atoms with Gasteiger partial charge in [0.05, 0.1) is 11.6 Å². The zero-order chi connectivity index (χ0) is 13.0. The standard InChI is InChI=1S/C12H11N5S/c1-18-12-16-10(14)6-11(17-12)15-9-4-2-3-8(5-9)7-13/h2-6H,1H3,(H3,14,15,16,17). The van der Waals surface area contributed by atoms with E-state index in [1.807, 2.05) is 12.3 Å². The van der Waals surface area contributed by atoms with Gasteiger partial charge in [-0.15, -0.1) is 0 Å². The molecule has 0 atom stereocenters. The maximum Gasteiger partial charge on any atom is 0.191 e. The first-order chi connectivity index (χ1) is 8.71. The third kappa shape index (κ3) is 2.90. The maximum atomic E-state index is 8.83.